The molecule has 0 aromatic heterocycles. The van der Waals surface area contributed by atoms with E-state index in [1.165, 1.54) is 96.3 Å². The van der Waals surface area contributed by atoms with E-state index in [0.717, 1.165) is 51.4 Å². The number of nitrogens with zero attached hydrogens (tertiary/aromatic N) is 1. The van der Waals surface area contributed by atoms with Crippen molar-refractivity contribution in [2.45, 2.75) is 187 Å². The first-order valence-electron chi connectivity index (χ1n) is 20.4. The Hall–Kier alpha value is -1.25. The number of likely N-dealkylation sites (N-methyl/N-ethyl adjacent to an activating group) is 1. The summed E-state index contributed by atoms with van der Waals surface area (Å²) in [4.78, 5) is 35.2. The molecule has 0 aromatic carbocycles. The number of hydrogen-bond acceptors (Lipinski definition) is 7. The molecule has 1 unspecified atom stereocenters. The second-order valence-electron chi connectivity index (χ2n) is 15.0. The summed E-state index contributed by atoms with van der Waals surface area (Å²) in [5, 5.41) is 0. The van der Waals surface area contributed by atoms with Crippen molar-refractivity contribution in [3.05, 3.63) is 12.2 Å². The Morgan fingerprint density at radius 3 is 1.48 bits per heavy atom. The van der Waals surface area contributed by atoms with Crippen molar-refractivity contribution in [2.75, 3.05) is 47.5 Å². The highest BCUT2D eigenvalue weighted by Gasteiger charge is 2.27. The lowest BCUT2D eigenvalue weighted by Gasteiger charge is -2.24. The molecule has 10 heteroatoms. The molecule has 0 aliphatic rings. The molecule has 0 amide bonds. The number of allylic oxidation sites excluding steroid dienone is 2. The van der Waals surface area contributed by atoms with Crippen LogP contribution in [0.3, 0.4) is 0 Å². The molecule has 1 N–H and O–H groups in total. The maximum atomic E-state index is 12.6. The molecular weight excluding hydrogens is 653 g/mol. The van der Waals surface area contributed by atoms with Gasteiger partial charge in [-0.2, -0.15) is 0 Å². The van der Waals surface area contributed by atoms with Gasteiger partial charge in [-0.1, -0.05) is 142 Å². The lowest BCUT2D eigenvalue weighted by atomic mass is 10.0. The number of rotatable bonds is 37. The van der Waals surface area contributed by atoms with Crippen molar-refractivity contribution < 1.29 is 42.1 Å². The van der Waals surface area contributed by atoms with E-state index in [9.17, 15) is 19.0 Å². The van der Waals surface area contributed by atoms with Crippen molar-refractivity contribution in [3.63, 3.8) is 0 Å². The third-order valence-electron chi connectivity index (χ3n) is 8.80. The molecule has 0 spiro atoms. The molecule has 0 aliphatic carbocycles. The first-order valence-corrected chi connectivity index (χ1v) is 21.9. The van der Waals surface area contributed by atoms with Crippen LogP contribution in [0.4, 0.5) is 0 Å². The van der Waals surface area contributed by atoms with Crippen molar-refractivity contribution in [2.24, 2.45) is 0 Å². The summed E-state index contributed by atoms with van der Waals surface area (Å²) in [5.41, 5.74) is 0. The number of carbonyl (C=O) groups excluding carboxylic acids is 2. The molecule has 0 saturated heterocycles. The lowest BCUT2D eigenvalue weighted by Crippen LogP contribution is -2.37. The largest absolute Gasteiger partial charge is 0.472 e. The summed E-state index contributed by atoms with van der Waals surface area (Å²) < 4.78 is 34.2. The molecule has 50 heavy (non-hydrogen) atoms. The number of esters is 2. The number of phosphoric ester groups is 1. The van der Waals surface area contributed by atoms with Crippen LogP contribution in [0.15, 0.2) is 12.2 Å². The summed E-state index contributed by atoms with van der Waals surface area (Å²) in [5.74, 6) is -0.803. The molecule has 296 valence electrons. The van der Waals surface area contributed by atoms with Crippen LogP contribution in [-0.4, -0.2) is 74.9 Å². The van der Waals surface area contributed by atoms with Crippen LogP contribution in [0.5, 0.6) is 0 Å². The van der Waals surface area contributed by atoms with Crippen LogP contribution in [0.25, 0.3) is 0 Å². The van der Waals surface area contributed by atoms with Crippen molar-refractivity contribution >= 4 is 19.8 Å². The van der Waals surface area contributed by atoms with Gasteiger partial charge in [0.2, 0.25) is 0 Å². The molecule has 9 nitrogen and oxygen atoms in total. The molecular formula is C40H79NO8P+. The summed E-state index contributed by atoms with van der Waals surface area (Å²) in [7, 11) is 1.48. The van der Waals surface area contributed by atoms with Gasteiger partial charge in [0.15, 0.2) is 6.10 Å². The highest BCUT2D eigenvalue weighted by Crippen LogP contribution is 2.43. The van der Waals surface area contributed by atoms with E-state index in [1.807, 2.05) is 21.1 Å². The lowest BCUT2D eigenvalue weighted by molar-refractivity contribution is -0.870. The summed E-state index contributed by atoms with van der Waals surface area (Å²) in [6, 6.07) is 0. The normalized spacial score (nSPS) is 13.8. The van der Waals surface area contributed by atoms with Gasteiger partial charge in [-0.15, -0.1) is 0 Å². The monoisotopic (exact) mass is 733 g/mol. The SMILES string of the molecule is CCCCCCC/C=C\CCCCCCCC(=O)O[C@H](COC(=O)CCCCCCCCCCCCCC)COP(=O)(O)OCC[N+](C)(C)C. The predicted octanol–water partition coefficient (Wildman–Crippen LogP) is 11.0. The molecule has 0 heterocycles. The van der Waals surface area contributed by atoms with E-state index >= 15 is 0 Å². The van der Waals surface area contributed by atoms with Crippen LogP contribution in [0, 0.1) is 0 Å². The Morgan fingerprint density at radius 1 is 0.600 bits per heavy atom. The number of quaternary nitrogens is 1. The zero-order valence-corrected chi connectivity index (χ0v) is 34.0. The van der Waals surface area contributed by atoms with Gasteiger partial charge in [0.25, 0.3) is 0 Å². The van der Waals surface area contributed by atoms with E-state index in [1.54, 1.807) is 0 Å². The highest BCUT2D eigenvalue weighted by atomic mass is 31.2. The van der Waals surface area contributed by atoms with E-state index in [-0.39, 0.29) is 25.6 Å². The number of ether oxygens (including phenoxy) is 2. The topological polar surface area (TPSA) is 108 Å². The van der Waals surface area contributed by atoms with Gasteiger partial charge in [-0.25, -0.2) is 4.57 Å². The van der Waals surface area contributed by atoms with Gasteiger partial charge < -0.3 is 18.9 Å². The quantitative estimate of drug-likeness (QED) is 0.0221. The molecule has 0 rings (SSSR count). The van der Waals surface area contributed by atoms with Crippen LogP contribution in [-0.2, 0) is 32.7 Å². The maximum absolute atomic E-state index is 12.6. The van der Waals surface area contributed by atoms with E-state index in [4.69, 9.17) is 18.5 Å². The average Bonchev–Trinajstić information content (AvgIpc) is 3.06. The minimum Gasteiger partial charge on any atom is -0.462 e. The van der Waals surface area contributed by atoms with E-state index in [2.05, 4.69) is 26.0 Å². The first kappa shape index (κ1) is 48.8. The van der Waals surface area contributed by atoms with Gasteiger partial charge in [-0.3, -0.25) is 18.6 Å². The number of unbranched alkanes of at least 4 members (excludes halogenated alkanes) is 21. The van der Waals surface area contributed by atoms with Gasteiger partial charge in [0, 0.05) is 12.8 Å². The zero-order chi connectivity index (χ0) is 37.2. The molecule has 0 radical (unpaired) electrons. The van der Waals surface area contributed by atoms with Gasteiger partial charge in [0.05, 0.1) is 27.7 Å². The Bertz CT molecular complexity index is 876. The van der Waals surface area contributed by atoms with Crippen molar-refractivity contribution in [1.29, 1.82) is 0 Å². The van der Waals surface area contributed by atoms with Gasteiger partial charge in [-0.05, 0) is 38.5 Å². The second-order valence-corrected chi connectivity index (χ2v) is 16.5. The number of carbonyl (C=O) groups is 2. The molecule has 0 aromatic rings. The van der Waals surface area contributed by atoms with Crippen molar-refractivity contribution in [1.82, 2.24) is 0 Å². The van der Waals surface area contributed by atoms with Gasteiger partial charge >= 0.3 is 19.8 Å². The predicted molar refractivity (Wildman–Crippen MR) is 206 cm³/mol. The Kier molecular flexibility index (Phi) is 32.7. The Labute approximate surface area is 307 Å². The standard InChI is InChI=1S/C40H78NO8P/c1-6-8-10-12-14-16-18-20-21-23-25-27-29-31-33-40(43)49-38(37-48-50(44,45)47-35-34-41(3,4)5)36-46-39(42)32-30-28-26-24-22-19-17-15-13-11-9-7-2/h18,20,38H,6-17,19,21-37H2,1-5H3/p+1/b20-18-/t38-/m1/s1. The number of hydrogen-bond donors (Lipinski definition) is 1. The van der Waals surface area contributed by atoms with E-state index < -0.39 is 26.5 Å². The molecule has 0 aliphatic heterocycles. The van der Waals surface area contributed by atoms with Gasteiger partial charge in [0.1, 0.15) is 19.8 Å². The number of phosphoric acid groups is 1. The van der Waals surface area contributed by atoms with E-state index in [0.29, 0.717) is 23.9 Å². The summed E-state index contributed by atoms with van der Waals surface area (Å²) in [6.45, 7) is 4.40. The van der Waals surface area contributed by atoms with Crippen molar-refractivity contribution in [3.8, 4) is 0 Å². The molecule has 0 bridgehead atoms. The fraction of sp³-hybridized carbons (Fsp3) is 0.900. The first-order chi connectivity index (χ1) is 24.0. The van der Waals surface area contributed by atoms with Crippen LogP contribution in [0.2, 0.25) is 0 Å². The van der Waals surface area contributed by atoms with Crippen LogP contribution >= 0.6 is 7.82 Å². The summed E-state index contributed by atoms with van der Waals surface area (Å²) in [6.07, 6.45) is 32.5. The Balaban J connectivity index is 4.41. The van der Waals surface area contributed by atoms with Crippen LogP contribution in [0.1, 0.15) is 181 Å². The Morgan fingerprint density at radius 2 is 1.02 bits per heavy atom. The molecule has 2 atom stereocenters. The third kappa shape index (κ3) is 36.5. The zero-order valence-electron chi connectivity index (χ0n) is 33.1. The minimum atomic E-state index is -4.36. The van der Waals surface area contributed by atoms with Crippen LogP contribution < -0.4 is 0 Å². The average molecular weight is 733 g/mol. The molecule has 0 fully saturated rings. The fourth-order valence-electron chi connectivity index (χ4n) is 5.54. The fourth-order valence-corrected chi connectivity index (χ4v) is 6.28. The smallest absolute Gasteiger partial charge is 0.462 e. The molecule has 0 saturated carbocycles. The minimum absolute atomic E-state index is 0.0329. The third-order valence-corrected chi connectivity index (χ3v) is 9.78. The summed E-state index contributed by atoms with van der Waals surface area (Å²) >= 11 is 0. The maximum Gasteiger partial charge on any atom is 0.472 e. The second kappa shape index (κ2) is 33.6. The highest BCUT2D eigenvalue weighted by molar-refractivity contribution is 7.47.